The number of sulfonamides is 1. The van der Waals surface area contributed by atoms with Crippen LogP contribution in [0.2, 0.25) is 0 Å². The van der Waals surface area contributed by atoms with E-state index in [1.807, 2.05) is 6.92 Å². The number of aliphatic hydroxyl groups excluding tert-OH is 1. The molecule has 108 valence electrons. The first-order valence-electron chi connectivity index (χ1n) is 6.21. The first-order chi connectivity index (χ1) is 8.97. The van der Waals surface area contributed by atoms with Gasteiger partial charge in [-0.25, -0.2) is 12.7 Å². The van der Waals surface area contributed by atoms with Gasteiger partial charge >= 0.3 is 0 Å². The van der Waals surface area contributed by atoms with E-state index in [9.17, 15) is 8.42 Å². The number of hydrogen-bond donors (Lipinski definition) is 1. The molecule has 0 aliphatic heterocycles. The van der Waals surface area contributed by atoms with Crippen LogP contribution in [0.1, 0.15) is 18.9 Å². The van der Waals surface area contributed by atoms with Crippen LogP contribution in [0.25, 0.3) is 0 Å². The molecular formula is C13H21NO4S. The molecular weight excluding hydrogens is 266 g/mol. The number of benzene rings is 1. The van der Waals surface area contributed by atoms with Crippen molar-refractivity contribution in [2.75, 3.05) is 27.3 Å². The molecule has 1 N–H and O–H groups in total. The minimum atomic E-state index is -3.51. The fourth-order valence-corrected chi connectivity index (χ4v) is 3.34. The molecule has 0 spiro atoms. The minimum Gasteiger partial charge on any atom is -0.497 e. The normalized spacial score (nSPS) is 11.8. The summed E-state index contributed by atoms with van der Waals surface area (Å²) in [6, 6.07) is 4.81. The Bertz CT molecular complexity index is 513. The maximum Gasteiger partial charge on any atom is 0.243 e. The number of methoxy groups -OCH3 is 1. The lowest BCUT2D eigenvalue weighted by Gasteiger charge is -2.19. The number of ether oxygens (including phenoxy) is 1. The van der Waals surface area contributed by atoms with Crippen molar-refractivity contribution in [1.82, 2.24) is 4.31 Å². The summed E-state index contributed by atoms with van der Waals surface area (Å²) < 4.78 is 31.3. The molecule has 0 bridgehead atoms. The molecule has 0 saturated heterocycles. The van der Waals surface area contributed by atoms with E-state index < -0.39 is 10.0 Å². The molecule has 0 unspecified atom stereocenters. The second-order valence-corrected chi connectivity index (χ2v) is 6.29. The van der Waals surface area contributed by atoms with Crippen molar-refractivity contribution >= 4 is 10.0 Å². The summed E-state index contributed by atoms with van der Waals surface area (Å²) in [7, 11) is -0.428. The number of aliphatic hydroxyl groups is 1. The van der Waals surface area contributed by atoms with Gasteiger partial charge in [0, 0.05) is 20.2 Å². The van der Waals surface area contributed by atoms with Gasteiger partial charge in [0.2, 0.25) is 10.0 Å². The lowest BCUT2D eigenvalue weighted by atomic mass is 10.1. The molecule has 0 heterocycles. The monoisotopic (exact) mass is 287 g/mol. The molecule has 0 amide bonds. The zero-order valence-electron chi connectivity index (χ0n) is 11.6. The zero-order chi connectivity index (χ0) is 14.5. The molecule has 1 aromatic carbocycles. The van der Waals surface area contributed by atoms with Crippen LogP contribution in [0.4, 0.5) is 0 Å². The van der Waals surface area contributed by atoms with Gasteiger partial charge in [0.15, 0.2) is 0 Å². The van der Waals surface area contributed by atoms with Gasteiger partial charge in [-0.05, 0) is 36.6 Å². The van der Waals surface area contributed by atoms with Crippen LogP contribution >= 0.6 is 0 Å². The van der Waals surface area contributed by atoms with Crippen LogP contribution in [0, 0.1) is 0 Å². The van der Waals surface area contributed by atoms with Crippen LogP contribution in [-0.2, 0) is 16.4 Å². The number of hydrogen-bond acceptors (Lipinski definition) is 4. The maximum atomic E-state index is 12.4. The van der Waals surface area contributed by atoms with Crippen LogP contribution < -0.4 is 4.74 Å². The van der Waals surface area contributed by atoms with Crippen molar-refractivity contribution < 1.29 is 18.3 Å². The van der Waals surface area contributed by atoms with Crippen molar-refractivity contribution in [2.45, 2.75) is 24.7 Å². The Morgan fingerprint density at radius 1 is 1.37 bits per heavy atom. The Morgan fingerprint density at radius 3 is 2.58 bits per heavy atom. The van der Waals surface area contributed by atoms with Crippen molar-refractivity contribution in [2.24, 2.45) is 0 Å². The molecule has 0 atom stereocenters. The predicted octanol–water partition coefficient (Wildman–Crippen LogP) is 1.26. The summed E-state index contributed by atoms with van der Waals surface area (Å²) in [6.45, 7) is 2.29. The number of nitrogens with zero attached hydrogens (tertiary/aromatic N) is 1. The van der Waals surface area contributed by atoms with E-state index in [1.54, 1.807) is 19.2 Å². The zero-order valence-corrected chi connectivity index (χ0v) is 12.4. The summed E-state index contributed by atoms with van der Waals surface area (Å²) in [5, 5.41) is 9.07. The van der Waals surface area contributed by atoms with Crippen LogP contribution in [0.3, 0.4) is 0 Å². The highest BCUT2D eigenvalue weighted by Crippen LogP contribution is 2.24. The maximum absolute atomic E-state index is 12.4. The molecule has 1 aromatic rings. The van der Waals surface area contributed by atoms with Crippen molar-refractivity contribution in [3.63, 3.8) is 0 Å². The minimum absolute atomic E-state index is 0.104. The van der Waals surface area contributed by atoms with E-state index in [0.29, 0.717) is 17.9 Å². The fourth-order valence-electron chi connectivity index (χ4n) is 1.85. The molecule has 5 nitrogen and oxygen atoms in total. The molecule has 6 heteroatoms. The lowest BCUT2D eigenvalue weighted by Crippen LogP contribution is -2.28. The molecule has 0 radical (unpaired) electrons. The summed E-state index contributed by atoms with van der Waals surface area (Å²) in [5.74, 6) is 0.584. The van der Waals surface area contributed by atoms with Gasteiger partial charge in [0.05, 0.1) is 12.0 Å². The van der Waals surface area contributed by atoms with E-state index >= 15 is 0 Å². The summed E-state index contributed by atoms with van der Waals surface area (Å²) in [5.41, 5.74) is 0.574. The third-order valence-corrected chi connectivity index (χ3v) is 4.83. The summed E-state index contributed by atoms with van der Waals surface area (Å²) >= 11 is 0. The second kappa shape index (κ2) is 6.88. The van der Waals surface area contributed by atoms with Gasteiger partial charge in [-0.15, -0.1) is 0 Å². The average Bonchev–Trinajstić information content (AvgIpc) is 2.39. The summed E-state index contributed by atoms with van der Waals surface area (Å²) in [6.07, 6.45) is 1.03. The van der Waals surface area contributed by atoms with Crippen molar-refractivity contribution in [1.29, 1.82) is 0 Å². The Labute approximate surface area is 114 Å². The standard InChI is InChI=1S/C13H21NO4S/c1-4-8-14(2)19(16,17)13-6-5-12(18-3)10-11(13)7-9-15/h5-6,10,15H,4,7-9H2,1-3H3. The Hall–Kier alpha value is -1.11. The van der Waals surface area contributed by atoms with Gasteiger partial charge in [0.1, 0.15) is 5.75 Å². The molecule has 0 fully saturated rings. The number of rotatable bonds is 7. The molecule has 1 rings (SSSR count). The highest BCUT2D eigenvalue weighted by molar-refractivity contribution is 7.89. The highest BCUT2D eigenvalue weighted by Gasteiger charge is 2.23. The SMILES string of the molecule is CCCN(C)S(=O)(=O)c1ccc(OC)cc1CCO. The van der Waals surface area contributed by atoms with E-state index in [4.69, 9.17) is 9.84 Å². The quantitative estimate of drug-likeness (QED) is 0.820. The fraction of sp³-hybridized carbons (Fsp3) is 0.538. The third kappa shape index (κ3) is 3.68. The van der Waals surface area contributed by atoms with Gasteiger partial charge < -0.3 is 9.84 Å². The highest BCUT2D eigenvalue weighted by atomic mass is 32.2. The van der Waals surface area contributed by atoms with Crippen molar-refractivity contribution in [3.05, 3.63) is 23.8 Å². The smallest absolute Gasteiger partial charge is 0.243 e. The Morgan fingerprint density at radius 2 is 2.05 bits per heavy atom. The van der Waals surface area contributed by atoms with E-state index in [1.165, 1.54) is 17.5 Å². The molecule has 0 saturated carbocycles. The van der Waals surface area contributed by atoms with Crippen molar-refractivity contribution in [3.8, 4) is 5.75 Å². The van der Waals surface area contributed by atoms with E-state index in [2.05, 4.69) is 0 Å². The third-order valence-electron chi connectivity index (χ3n) is 2.88. The molecule has 0 aliphatic carbocycles. The molecule has 0 aromatic heterocycles. The van der Waals surface area contributed by atoms with Crippen LogP contribution in [0.15, 0.2) is 23.1 Å². The van der Waals surface area contributed by atoms with Gasteiger partial charge in [-0.1, -0.05) is 6.92 Å². The predicted molar refractivity (Wildman–Crippen MR) is 73.9 cm³/mol. The lowest BCUT2D eigenvalue weighted by molar-refractivity contribution is 0.298. The Balaban J connectivity index is 3.24. The second-order valence-electron chi connectivity index (χ2n) is 4.27. The first kappa shape index (κ1) is 15.9. The van der Waals surface area contributed by atoms with Gasteiger partial charge in [-0.2, -0.15) is 0 Å². The van der Waals surface area contributed by atoms with E-state index in [0.717, 1.165) is 6.42 Å². The average molecular weight is 287 g/mol. The largest absolute Gasteiger partial charge is 0.497 e. The van der Waals surface area contributed by atoms with Gasteiger partial charge in [0.25, 0.3) is 0 Å². The summed E-state index contributed by atoms with van der Waals surface area (Å²) in [4.78, 5) is 0.235. The van der Waals surface area contributed by atoms with E-state index in [-0.39, 0.29) is 17.9 Å². The molecule has 0 aliphatic rings. The van der Waals surface area contributed by atoms with Crippen LogP contribution in [-0.4, -0.2) is 45.1 Å². The topological polar surface area (TPSA) is 66.8 Å². The molecule has 19 heavy (non-hydrogen) atoms. The van der Waals surface area contributed by atoms with Crippen LogP contribution in [0.5, 0.6) is 5.75 Å². The van der Waals surface area contributed by atoms with Gasteiger partial charge in [-0.3, -0.25) is 0 Å². The Kier molecular flexibility index (Phi) is 5.78. The first-order valence-corrected chi connectivity index (χ1v) is 7.65.